The maximum atomic E-state index is 13.4. The molecule has 0 fully saturated rings. The Kier molecular flexibility index (Phi) is 5.15. The standard InChI is InChI=1S/C15H12BrClFNO/c16-14-12(2-1-3-13(14)18)15(20)19-11-6-4-10(5-7-11)8-9-17/h1-7H,8-9H2,(H,19,20). The number of amides is 1. The molecule has 2 aromatic rings. The number of benzene rings is 2. The summed E-state index contributed by atoms with van der Waals surface area (Å²) < 4.78 is 13.5. The minimum Gasteiger partial charge on any atom is -0.322 e. The second kappa shape index (κ2) is 6.86. The summed E-state index contributed by atoms with van der Waals surface area (Å²) in [5, 5.41) is 2.73. The van der Waals surface area contributed by atoms with Gasteiger partial charge < -0.3 is 5.32 Å². The Bertz CT molecular complexity index is 616. The Morgan fingerprint density at radius 3 is 2.55 bits per heavy atom. The number of rotatable bonds is 4. The van der Waals surface area contributed by atoms with E-state index in [9.17, 15) is 9.18 Å². The van der Waals surface area contributed by atoms with Crippen LogP contribution in [0.2, 0.25) is 0 Å². The molecule has 0 saturated heterocycles. The molecule has 0 heterocycles. The largest absolute Gasteiger partial charge is 0.322 e. The first kappa shape index (κ1) is 15.0. The van der Waals surface area contributed by atoms with Gasteiger partial charge in [0.15, 0.2) is 0 Å². The van der Waals surface area contributed by atoms with Crippen LogP contribution in [-0.2, 0) is 6.42 Å². The molecule has 0 saturated carbocycles. The monoisotopic (exact) mass is 355 g/mol. The van der Waals surface area contributed by atoms with Crippen LogP contribution in [-0.4, -0.2) is 11.8 Å². The summed E-state index contributed by atoms with van der Waals surface area (Å²) in [5.41, 5.74) is 2.02. The molecule has 1 amide bonds. The van der Waals surface area contributed by atoms with Crippen LogP contribution < -0.4 is 5.32 Å². The number of carbonyl (C=O) groups excluding carboxylic acids is 1. The second-order valence-corrected chi connectivity index (χ2v) is 5.36. The van der Waals surface area contributed by atoms with Crippen LogP contribution >= 0.6 is 27.5 Å². The zero-order valence-electron chi connectivity index (χ0n) is 10.5. The van der Waals surface area contributed by atoms with Gasteiger partial charge in [0.25, 0.3) is 5.91 Å². The van der Waals surface area contributed by atoms with Gasteiger partial charge in [-0.25, -0.2) is 4.39 Å². The Morgan fingerprint density at radius 2 is 1.90 bits per heavy atom. The van der Waals surface area contributed by atoms with Crippen LogP contribution in [0, 0.1) is 5.82 Å². The highest BCUT2D eigenvalue weighted by Gasteiger charge is 2.13. The van der Waals surface area contributed by atoms with Gasteiger partial charge in [0.2, 0.25) is 0 Å². The third-order valence-electron chi connectivity index (χ3n) is 2.79. The van der Waals surface area contributed by atoms with E-state index in [1.54, 1.807) is 18.2 Å². The third kappa shape index (κ3) is 3.58. The molecule has 0 unspecified atom stereocenters. The summed E-state index contributed by atoms with van der Waals surface area (Å²) >= 11 is 8.74. The average molecular weight is 357 g/mol. The predicted octanol–water partition coefficient (Wildman–Crippen LogP) is 4.62. The molecule has 0 aliphatic heterocycles. The van der Waals surface area contributed by atoms with Gasteiger partial charge >= 0.3 is 0 Å². The van der Waals surface area contributed by atoms with Crippen molar-refractivity contribution in [3.8, 4) is 0 Å². The van der Waals surface area contributed by atoms with Crippen LogP contribution in [0.4, 0.5) is 10.1 Å². The molecular formula is C15H12BrClFNO. The van der Waals surface area contributed by atoms with Gasteiger partial charge in [-0.05, 0) is 52.2 Å². The van der Waals surface area contributed by atoms with Crippen molar-refractivity contribution >= 4 is 39.1 Å². The van der Waals surface area contributed by atoms with Crippen molar-refractivity contribution in [2.24, 2.45) is 0 Å². The maximum absolute atomic E-state index is 13.4. The SMILES string of the molecule is O=C(Nc1ccc(CCCl)cc1)c1cccc(F)c1Br. The zero-order chi connectivity index (χ0) is 14.5. The molecule has 0 aromatic heterocycles. The van der Waals surface area contributed by atoms with Gasteiger partial charge in [0, 0.05) is 11.6 Å². The van der Waals surface area contributed by atoms with E-state index in [-0.39, 0.29) is 15.9 Å². The van der Waals surface area contributed by atoms with Crippen LogP contribution in [0.3, 0.4) is 0 Å². The Labute approximate surface area is 130 Å². The first-order valence-electron chi connectivity index (χ1n) is 6.02. The number of alkyl halides is 1. The van der Waals surface area contributed by atoms with E-state index >= 15 is 0 Å². The molecule has 0 aliphatic carbocycles. The van der Waals surface area contributed by atoms with E-state index in [0.29, 0.717) is 11.6 Å². The van der Waals surface area contributed by atoms with Crippen molar-refractivity contribution in [2.75, 3.05) is 11.2 Å². The van der Waals surface area contributed by atoms with Gasteiger partial charge in [0.1, 0.15) is 5.82 Å². The van der Waals surface area contributed by atoms with Crippen molar-refractivity contribution < 1.29 is 9.18 Å². The van der Waals surface area contributed by atoms with Crippen molar-refractivity contribution in [3.63, 3.8) is 0 Å². The fraction of sp³-hybridized carbons (Fsp3) is 0.133. The summed E-state index contributed by atoms with van der Waals surface area (Å²) in [7, 11) is 0. The zero-order valence-corrected chi connectivity index (χ0v) is 12.8. The van der Waals surface area contributed by atoms with E-state index in [2.05, 4.69) is 21.2 Å². The number of halogens is 3. The Balaban J connectivity index is 2.13. The molecule has 104 valence electrons. The van der Waals surface area contributed by atoms with Gasteiger partial charge in [-0.1, -0.05) is 18.2 Å². The quantitative estimate of drug-likeness (QED) is 0.796. The molecule has 0 radical (unpaired) electrons. The summed E-state index contributed by atoms with van der Waals surface area (Å²) in [6.07, 6.45) is 0.783. The number of hydrogen-bond donors (Lipinski definition) is 1. The van der Waals surface area contributed by atoms with Crippen LogP contribution in [0.25, 0.3) is 0 Å². The highest BCUT2D eigenvalue weighted by atomic mass is 79.9. The molecule has 2 rings (SSSR count). The van der Waals surface area contributed by atoms with E-state index in [0.717, 1.165) is 12.0 Å². The van der Waals surface area contributed by atoms with Gasteiger partial charge in [-0.15, -0.1) is 11.6 Å². The lowest BCUT2D eigenvalue weighted by atomic mass is 10.1. The van der Waals surface area contributed by atoms with Gasteiger partial charge in [0.05, 0.1) is 10.0 Å². The van der Waals surface area contributed by atoms with Crippen molar-refractivity contribution in [3.05, 3.63) is 63.9 Å². The molecule has 5 heteroatoms. The molecule has 0 bridgehead atoms. The highest BCUT2D eigenvalue weighted by Crippen LogP contribution is 2.21. The molecule has 1 N–H and O–H groups in total. The summed E-state index contributed by atoms with van der Waals surface area (Å²) in [6, 6.07) is 11.8. The van der Waals surface area contributed by atoms with E-state index in [4.69, 9.17) is 11.6 Å². The Hall–Kier alpha value is -1.39. The number of hydrogen-bond acceptors (Lipinski definition) is 1. The lowest BCUT2D eigenvalue weighted by Crippen LogP contribution is -2.13. The average Bonchev–Trinajstić information content (AvgIpc) is 2.44. The van der Waals surface area contributed by atoms with Crippen molar-refractivity contribution in [2.45, 2.75) is 6.42 Å². The second-order valence-electron chi connectivity index (χ2n) is 4.19. The molecule has 20 heavy (non-hydrogen) atoms. The molecule has 0 spiro atoms. The Morgan fingerprint density at radius 1 is 1.20 bits per heavy atom. The van der Waals surface area contributed by atoms with Crippen molar-refractivity contribution in [1.82, 2.24) is 0 Å². The van der Waals surface area contributed by atoms with E-state index in [1.165, 1.54) is 12.1 Å². The van der Waals surface area contributed by atoms with Gasteiger partial charge in [-0.2, -0.15) is 0 Å². The van der Waals surface area contributed by atoms with Crippen molar-refractivity contribution in [1.29, 1.82) is 0 Å². The number of aryl methyl sites for hydroxylation is 1. The molecular weight excluding hydrogens is 345 g/mol. The first-order chi connectivity index (χ1) is 9.61. The van der Waals surface area contributed by atoms with Crippen LogP contribution in [0.5, 0.6) is 0 Å². The fourth-order valence-electron chi connectivity index (χ4n) is 1.74. The van der Waals surface area contributed by atoms with E-state index < -0.39 is 5.82 Å². The lowest BCUT2D eigenvalue weighted by Gasteiger charge is -2.08. The predicted molar refractivity (Wildman–Crippen MR) is 82.9 cm³/mol. The summed E-state index contributed by atoms with van der Waals surface area (Å²) in [4.78, 5) is 12.1. The lowest BCUT2D eigenvalue weighted by molar-refractivity contribution is 0.102. The summed E-state index contributed by atoms with van der Waals surface area (Å²) in [5.74, 6) is -0.265. The van der Waals surface area contributed by atoms with E-state index in [1.807, 2.05) is 12.1 Å². The molecule has 2 aromatic carbocycles. The maximum Gasteiger partial charge on any atom is 0.256 e. The number of carbonyl (C=O) groups is 1. The topological polar surface area (TPSA) is 29.1 Å². The minimum atomic E-state index is -0.463. The number of anilines is 1. The third-order valence-corrected chi connectivity index (χ3v) is 3.79. The molecule has 0 atom stereocenters. The fourth-order valence-corrected chi connectivity index (χ4v) is 2.40. The van der Waals surface area contributed by atoms with Gasteiger partial charge in [-0.3, -0.25) is 4.79 Å². The van der Waals surface area contributed by atoms with Crippen LogP contribution in [0.15, 0.2) is 46.9 Å². The smallest absolute Gasteiger partial charge is 0.256 e. The number of nitrogens with one attached hydrogen (secondary N) is 1. The van der Waals surface area contributed by atoms with Crippen LogP contribution in [0.1, 0.15) is 15.9 Å². The highest BCUT2D eigenvalue weighted by molar-refractivity contribution is 9.10. The summed E-state index contributed by atoms with van der Waals surface area (Å²) in [6.45, 7) is 0. The normalized spacial score (nSPS) is 10.3. The minimum absolute atomic E-state index is 0.163. The first-order valence-corrected chi connectivity index (χ1v) is 7.35. The molecule has 2 nitrogen and oxygen atoms in total. The molecule has 0 aliphatic rings.